The van der Waals surface area contributed by atoms with E-state index in [4.69, 9.17) is 16.3 Å². The molecule has 3 heteroatoms. The number of hydrogen-bond donors (Lipinski definition) is 0. The van der Waals surface area contributed by atoms with Crippen LogP contribution in [0.25, 0.3) is 0 Å². The number of ether oxygens (including phenoxy) is 1. The van der Waals surface area contributed by atoms with Crippen molar-refractivity contribution in [3.63, 3.8) is 0 Å². The molecule has 2 aromatic rings. The van der Waals surface area contributed by atoms with E-state index in [1.54, 1.807) is 0 Å². The van der Waals surface area contributed by atoms with Gasteiger partial charge in [-0.15, -0.1) is 0 Å². The topological polar surface area (TPSA) is 9.23 Å². The molecule has 2 aromatic carbocycles. The summed E-state index contributed by atoms with van der Waals surface area (Å²) in [5.74, 6) is 1.02. The van der Waals surface area contributed by atoms with Crippen LogP contribution in [0, 0.1) is 6.92 Å². The highest BCUT2D eigenvalue weighted by molar-refractivity contribution is 9.09. The van der Waals surface area contributed by atoms with Crippen molar-refractivity contribution in [1.82, 2.24) is 0 Å². The molecule has 19 heavy (non-hydrogen) atoms. The minimum absolute atomic E-state index is 0.164. The van der Waals surface area contributed by atoms with Crippen molar-refractivity contribution in [2.24, 2.45) is 0 Å². The monoisotopic (exact) mass is 336 g/mol. The molecule has 1 aliphatic heterocycles. The molecular formula is C16H14BrClO. The molecule has 0 saturated carbocycles. The van der Waals surface area contributed by atoms with Gasteiger partial charge in [0.1, 0.15) is 5.75 Å². The fourth-order valence-corrected chi connectivity index (χ4v) is 3.39. The van der Waals surface area contributed by atoms with Gasteiger partial charge >= 0.3 is 0 Å². The van der Waals surface area contributed by atoms with Gasteiger partial charge in [-0.1, -0.05) is 45.7 Å². The standard InChI is InChI=1S/C16H14BrClO/c1-10-2-4-13(18)9-14(10)16(17)12-3-5-15-11(8-12)6-7-19-15/h2-5,8-9,16H,6-7H2,1H3. The summed E-state index contributed by atoms with van der Waals surface area (Å²) in [6, 6.07) is 12.4. The molecule has 1 aliphatic rings. The van der Waals surface area contributed by atoms with Crippen molar-refractivity contribution in [2.45, 2.75) is 18.2 Å². The average molecular weight is 338 g/mol. The minimum Gasteiger partial charge on any atom is -0.493 e. The number of fused-ring (bicyclic) bond motifs is 1. The third kappa shape index (κ3) is 2.52. The van der Waals surface area contributed by atoms with Gasteiger partial charge in [0.25, 0.3) is 0 Å². The zero-order valence-electron chi connectivity index (χ0n) is 10.6. The Morgan fingerprint density at radius 1 is 1.21 bits per heavy atom. The highest BCUT2D eigenvalue weighted by atomic mass is 79.9. The molecule has 0 radical (unpaired) electrons. The number of halogens is 2. The van der Waals surface area contributed by atoms with Crippen LogP contribution in [0.5, 0.6) is 5.75 Å². The molecule has 1 nitrogen and oxygen atoms in total. The van der Waals surface area contributed by atoms with Gasteiger partial charge in [0.15, 0.2) is 0 Å². The molecular weight excluding hydrogens is 324 g/mol. The molecule has 0 fully saturated rings. The Bertz CT molecular complexity index is 624. The first-order valence-electron chi connectivity index (χ1n) is 6.31. The van der Waals surface area contributed by atoms with Gasteiger partial charge in [0, 0.05) is 11.4 Å². The number of rotatable bonds is 2. The normalized spacial score (nSPS) is 14.9. The van der Waals surface area contributed by atoms with Gasteiger partial charge in [0.2, 0.25) is 0 Å². The summed E-state index contributed by atoms with van der Waals surface area (Å²) in [6.45, 7) is 2.90. The first kappa shape index (κ1) is 13.0. The van der Waals surface area contributed by atoms with Crippen LogP contribution in [-0.2, 0) is 6.42 Å². The molecule has 3 rings (SSSR count). The zero-order chi connectivity index (χ0) is 13.4. The fraction of sp³-hybridized carbons (Fsp3) is 0.250. The molecule has 0 bridgehead atoms. The van der Waals surface area contributed by atoms with Crippen LogP contribution in [-0.4, -0.2) is 6.61 Å². The molecule has 0 N–H and O–H groups in total. The minimum atomic E-state index is 0.164. The third-order valence-electron chi connectivity index (χ3n) is 3.52. The van der Waals surface area contributed by atoms with Gasteiger partial charge in [-0.05, 0) is 47.4 Å². The van der Waals surface area contributed by atoms with Crippen LogP contribution < -0.4 is 4.74 Å². The van der Waals surface area contributed by atoms with Crippen molar-refractivity contribution in [2.75, 3.05) is 6.61 Å². The Morgan fingerprint density at radius 2 is 2.05 bits per heavy atom. The van der Waals surface area contributed by atoms with E-state index >= 15 is 0 Å². The van der Waals surface area contributed by atoms with E-state index < -0.39 is 0 Å². The second-order valence-corrected chi connectivity index (χ2v) is 6.18. The van der Waals surface area contributed by atoms with Gasteiger partial charge in [-0.3, -0.25) is 0 Å². The SMILES string of the molecule is Cc1ccc(Cl)cc1C(Br)c1ccc2c(c1)CCO2. The van der Waals surface area contributed by atoms with E-state index in [0.717, 1.165) is 23.8 Å². The smallest absolute Gasteiger partial charge is 0.122 e. The van der Waals surface area contributed by atoms with Crippen LogP contribution in [0.15, 0.2) is 36.4 Å². The van der Waals surface area contributed by atoms with Gasteiger partial charge < -0.3 is 4.74 Å². The van der Waals surface area contributed by atoms with Crippen molar-refractivity contribution < 1.29 is 4.74 Å². The first-order chi connectivity index (χ1) is 9.15. The van der Waals surface area contributed by atoms with E-state index in [-0.39, 0.29) is 4.83 Å². The van der Waals surface area contributed by atoms with Gasteiger partial charge in [0.05, 0.1) is 11.4 Å². The maximum atomic E-state index is 6.10. The highest BCUT2D eigenvalue weighted by Gasteiger charge is 2.17. The summed E-state index contributed by atoms with van der Waals surface area (Å²) >= 11 is 9.89. The average Bonchev–Trinajstić information content (AvgIpc) is 2.88. The van der Waals surface area contributed by atoms with Gasteiger partial charge in [-0.2, -0.15) is 0 Å². The third-order valence-corrected chi connectivity index (χ3v) is 4.78. The Kier molecular flexibility index (Phi) is 3.55. The molecule has 0 spiro atoms. The lowest BCUT2D eigenvalue weighted by atomic mass is 9.98. The summed E-state index contributed by atoms with van der Waals surface area (Å²) in [5, 5.41) is 0.773. The van der Waals surface area contributed by atoms with E-state index in [1.807, 2.05) is 12.1 Å². The van der Waals surface area contributed by atoms with Gasteiger partial charge in [-0.25, -0.2) is 0 Å². The number of alkyl halides is 1. The fourth-order valence-electron chi connectivity index (χ4n) is 2.43. The number of aryl methyl sites for hydroxylation is 1. The zero-order valence-corrected chi connectivity index (χ0v) is 13.0. The van der Waals surface area contributed by atoms with E-state index in [1.165, 1.54) is 22.3 Å². The molecule has 0 aromatic heterocycles. The molecule has 1 atom stereocenters. The van der Waals surface area contributed by atoms with E-state index in [9.17, 15) is 0 Å². The van der Waals surface area contributed by atoms with E-state index in [0.29, 0.717) is 0 Å². The predicted molar refractivity (Wildman–Crippen MR) is 82.6 cm³/mol. The molecule has 0 saturated heterocycles. The Labute approximate surface area is 126 Å². The maximum absolute atomic E-state index is 6.10. The van der Waals surface area contributed by atoms with Crippen LogP contribution in [0.4, 0.5) is 0 Å². The molecule has 98 valence electrons. The maximum Gasteiger partial charge on any atom is 0.122 e. The molecule has 1 heterocycles. The second kappa shape index (κ2) is 5.18. The van der Waals surface area contributed by atoms with Crippen molar-refractivity contribution in [3.8, 4) is 5.75 Å². The Balaban J connectivity index is 1.99. The summed E-state index contributed by atoms with van der Waals surface area (Å²) in [5.41, 5.74) is 4.99. The lowest BCUT2D eigenvalue weighted by Crippen LogP contribution is -1.96. The number of benzene rings is 2. The van der Waals surface area contributed by atoms with Crippen LogP contribution in [0.2, 0.25) is 5.02 Å². The lowest BCUT2D eigenvalue weighted by Gasteiger charge is -2.15. The van der Waals surface area contributed by atoms with Crippen LogP contribution in [0.1, 0.15) is 27.1 Å². The second-order valence-electron chi connectivity index (χ2n) is 4.83. The molecule has 1 unspecified atom stereocenters. The number of hydrogen-bond acceptors (Lipinski definition) is 1. The van der Waals surface area contributed by atoms with Crippen molar-refractivity contribution >= 4 is 27.5 Å². The summed E-state index contributed by atoms with van der Waals surface area (Å²) < 4.78 is 5.55. The lowest BCUT2D eigenvalue weighted by molar-refractivity contribution is 0.357. The molecule has 0 amide bonds. The summed E-state index contributed by atoms with van der Waals surface area (Å²) in [4.78, 5) is 0.164. The van der Waals surface area contributed by atoms with Crippen LogP contribution >= 0.6 is 27.5 Å². The van der Waals surface area contributed by atoms with Crippen molar-refractivity contribution in [1.29, 1.82) is 0 Å². The predicted octanol–water partition coefficient (Wildman–Crippen LogP) is 5.07. The Hall–Kier alpha value is -0.990. The largest absolute Gasteiger partial charge is 0.493 e. The summed E-state index contributed by atoms with van der Waals surface area (Å²) in [7, 11) is 0. The van der Waals surface area contributed by atoms with Crippen molar-refractivity contribution in [3.05, 3.63) is 63.7 Å². The van der Waals surface area contributed by atoms with Crippen LogP contribution in [0.3, 0.4) is 0 Å². The highest BCUT2D eigenvalue weighted by Crippen LogP contribution is 2.37. The molecule has 0 aliphatic carbocycles. The quantitative estimate of drug-likeness (QED) is 0.695. The van der Waals surface area contributed by atoms with E-state index in [2.05, 4.69) is 47.1 Å². The first-order valence-corrected chi connectivity index (χ1v) is 7.60. The summed E-state index contributed by atoms with van der Waals surface area (Å²) in [6.07, 6.45) is 0.997. The Morgan fingerprint density at radius 3 is 2.89 bits per heavy atom.